The largest absolute Gasteiger partial charge is 0.313 e. The van der Waals surface area contributed by atoms with Crippen molar-refractivity contribution in [2.45, 2.75) is 36.9 Å². The van der Waals surface area contributed by atoms with Crippen LogP contribution in [0.3, 0.4) is 0 Å². The Hall–Kier alpha value is -0.500. The molecule has 2 heterocycles. The van der Waals surface area contributed by atoms with Crippen LogP contribution < -0.4 is 5.32 Å². The molecular formula is C11H19N3O2S2. The summed E-state index contributed by atoms with van der Waals surface area (Å²) in [7, 11) is -3.34. The fourth-order valence-electron chi connectivity index (χ4n) is 2.20. The van der Waals surface area contributed by atoms with Gasteiger partial charge in [-0.15, -0.1) is 11.3 Å². The predicted molar refractivity (Wildman–Crippen MR) is 72.3 cm³/mol. The Morgan fingerprint density at radius 3 is 3.00 bits per heavy atom. The third-order valence-electron chi connectivity index (χ3n) is 3.07. The summed E-state index contributed by atoms with van der Waals surface area (Å²) in [5.41, 5.74) is 0. The summed E-state index contributed by atoms with van der Waals surface area (Å²) in [5.74, 6) is 0. The molecule has 5 nitrogen and oxygen atoms in total. The molecule has 1 aromatic heterocycles. The summed E-state index contributed by atoms with van der Waals surface area (Å²) in [5, 5.41) is 4.11. The molecule has 102 valence electrons. The van der Waals surface area contributed by atoms with Gasteiger partial charge >= 0.3 is 0 Å². The quantitative estimate of drug-likeness (QED) is 0.905. The predicted octanol–water partition coefficient (Wildman–Crippen LogP) is 1.21. The van der Waals surface area contributed by atoms with Crippen molar-refractivity contribution in [1.29, 1.82) is 0 Å². The number of hydrogen-bond donors (Lipinski definition) is 1. The first-order chi connectivity index (χ1) is 8.54. The van der Waals surface area contributed by atoms with Crippen molar-refractivity contribution in [2.75, 3.05) is 19.6 Å². The summed E-state index contributed by atoms with van der Waals surface area (Å²) in [4.78, 5) is 4.03. The van der Waals surface area contributed by atoms with Crippen LogP contribution in [0.15, 0.2) is 10.4 Å². The number of piperidine rings is 1. The lowest BCUT2D eigenvalue weighted by molar-refractivity contribution is 0.286. The molecular weight excluding hydrogens is 270 g/mol. The molecule has 7 heteroatoms. The Bertz CT molecular complexity index is 496. The van der Waals surface area contributed by atoms with E-state index < -0.39 is 10.0 Å². The number of aryl methyl sites for hydroxylation is 1. The highest BCUT2D eigenvalue weighted by Crippen LogP contribution is 2.24. The number of likely N-dealkylation sites (N-methyl/N-ethyl adjacent to an activating group) is 1. The fourth-order valence-corrected chi connectivity index (χ4v) is 4.99. The van der Waals surface area contributed by atoms with Crippen LogP contribution in [-0.4, -0.2) is 43.4 Å². The molecule has 0 aliphatic carbocycles. The van der Waals surface area contributed by atoms with E-state index in [0.717, 1.165) is 24.4 Å². The summed E-state index contributed by atoms with van der Waals surface area (Å²) in [6.45, 7) is 5.91. The molecule has 0 radical (unpaired) electrons. The maximum Gasteiger partial charge on any atom is 0.254 e. The molecule has 1 aromatic rings. The number of nitrogens with zero attached hydrogens (tertiary/aromatic N) is 2. The van der Waals surface area contributed by atoms with Gasteiger partial charge in [0.15, 0.2) is 4.21 Å². The average molecular weight is 289 g/mol. The molecule has 0 spiro atoms. The molecule has 1 aliphatic rings. The van der Waals surface area contributed by atoms with Gasteiger partial charge in [0.25, 0.3) is 10.0 Å². The van der Waals surface area contributed by atoms with Gasteiger partial charge in [0.2, 0.25) is 0 Å². The van der Waals surface area contributed by atoms with Crippen molar-refractivity contribution in [2.24, 2.45) is 0 Å². The molecule has 1 atom stereocenters. The van der Waals surface area contributed by atoms with Crippen LogP contribution in [0, 0.1) is 6.92 Å². The number of nitrogens with one attached hydrogen (secondary N) is 1. The van der Waals surface area contributed by atoms with Gasteiger partial charge in [-0.3, -0.25) is 0 Å². The molecule has 1 fully saturated rings. The van der Waals surface area contributed by atoms with Crippen molar-refractivity contribution in [3.05, 3.63) is 11.2 Å². The second kappa shape index (κ2) is 5.64. The maximum atomic E-state index is 12.4. The number of hydrogen-bond acceptors (Lipinski definition) is 5. The minimum atomic E-state index is -3.34. The number of thiazole rings is 1. The molecule has 0 aromatic carbocycles. The summed E-state index contributed by atoms with van der Waals surface area (Å²) in [6.07, 6.45) is 3.42. The Balaban J connectivity index is 2.15. The van der Waals surface area contributed by atoms with Crippen molar-refractivity contribution in [3.63, 3.8) is 0 Å². The fraction of sp³-hybridized carbons (Fsp3) is 0.727. The zero-order valence-electron chi connectivity index (χ0n) is 10.7. The molecule has 0 saturated carbocycles. The summed E-state index contributed by atoms with van der Waals surface area (Å²) in [6, 6.07) is 0.271. The minimum absolute atomic E-state index is 0.271. The first-order valence-corrected chi connectivity index (χ1v) is 8.45. The van der Waals surface area contributed by atoms with E-state index in [1.807, 2.05) is 13.8 Å². The van der Waals surface area contributed by atoms with E-state index in [4.69, 9.17) is 0 Å². The Morgan fingerprint density at radius 2 is 2.39 bits per heavy atom. The first-order valence-electron chi connectivity index (χ1n) is 6.20. The van der Waals surface area contributed by atoms with Crippen LogP contribution in [0.4, 0.5) is 0 Å². The second-order valence-corrected chi connectivity index (χ2v) is 7.86. The third-order valence-corrected chi connectivity index (χ3v) is 6.29. The number of aromatic nitrogens is 1. The van der Waals surface area contributed by atoms with Gasteiger partial charge in [-0.1, -0.05) is 6.92 Å². The van der Waals surface area contributed by atoms with E-state index in [1.165, 1.54) is 17.5 Å². The highest BCUT2D eigenvalue weighted by atomic mass is 32.2. The third kappa shape index (κ3) is 2.90. The zero-order valence-corrected chi connectivity index (χ0v) is 12.4. The van der Waals surface area contributed by atoms with Crippen LogP contribution in [0.5, 0.6) is 0 Å². The van der Waals surface area contributed by atoms with Gasteiger partial charge in [0.1, 0.15) is 0 Å². The van der Waals surface area contributed by atoms with Crippen LogP contribution in [0.2, 0.25) is 0 Å². The second-order valence-electron chi connectivity index (χ2n) is 4.46. The molecule has 1 N–H and O–H groups in total. The van der Waals surface area contributed by atoms with Gasteiger partial charge in [0.05, 0.1) is 11.2 Å². The Kier molecular flexibility index (Phi) is 4.37. The molecule has 1 unspecified atom stereocenters. The van der Waals surface area contributed by atoms with E-state index in [-0.39, 0.29) is 6.04 Å². The van der Waals surface area contributed by atoms with E-state index in [2.05, 4.69) is 10.3 Å². The van der Waals surface area contributed by atoms with E-state index in [9.17, 15) is 8.42 Å². The molecule has 1 aliphatic heterocycles. The lowest BCUT2D eigenvalue weighted by atomic mass is 10.1. The summed E-state index contributed by atoms with van der Waals surface area (Å²) < 4.78 is 26.8. The van der Waals surface area contributed by atoms with Gasteiger partial charge in [-0.2, -0.15) is 4.31 Å². The average Bonchev–Trinajstić information content (AvgIpc) is 2.77. The lowest BCUT2D eigenvalue weighted by Gasteiger charge is -2.31. The topological polar surface area (TPSA) is 62.3 Å². The molecule has 2 rings (SSSR count). The van der Waals surface area contributed by atoms with Crippen molar-refractivity contribution < 1.29 is 8.42 Å². The van der Waals surface area contributed by atoms with Crippen LogP contribution in [0.1, 0.15) is 24.8 Å². The Morgan fingerprint density at radius 1 is 1.61 bits per heavy atom. The monoisotopic (exact) mass is 289 g/mol. The SMILES string of the molecule is CCNC1CCCN(S(=O)(=O)c2cnc(C)s2)C1. The lowest BCUT2D eigenvalue weighted by Crippen LogP contribution is -2.47. The van der Waals surface area contributed by atoms with Crippen molar-refractivity contribution in [1.82, 2.24) is 14.6 Å². The van der Waals surface area contributed by atoms with Gasteiger partial charge in [-0.05, 0) is 26.3 Å². The van der Waals surface area contributed by atoms with Crippen LogP contribution >= 0.6 is 11.3 Å². The molecule has 0 bridgehead atoms. The normalized spacial score (nSPS) is 22.2. The number of rotatable bonds is 4. The standard InChI is InChI=1S/C11H19N3O2S2/c1-3-12-10-5-4-6-14(8-10)18(15,16)11-7-13-9(2)17-11/h7,10,12H,3-6,8H2,1-2H3. The van der Waals surface area contributed by atoms with Crippen molar-refractivity contribution >= 4 is 21.4 Å². The Labute approximate surface area is 112 Å². The van der Waals surface area contributed by atoms with E-state index >= 15 is 0 Å². The van der Waals surface area contributed by atoms with Gasteiger partial charge in [0, 0.05) is 19.1 Å². The number of sulfonamides is 1. The zero-order chi connectivity index (χ0) is 13.2. The van der Waals surface area contributed by atoms with Crippen LogP contribution in [-0.2, 0) is 10.0 Å². The van der Waals surface area contributed by atoms with Gasteiger partial charge in [-0.25, -0.2) is 13.4 Å². The van der Waals surface area contributed by atoms with E-state index in [1.54, 1.807) is 4.31 Å². The molecule has 1 saturated heterocycles. The van der Waals surface area contributed by atoms with E-state index in [0.29, 0.717) is 17.3 Å². The van der Waals surface area contributed by atoms with Crippen LogP contribution in [0.25, 0.3) is 0 Å². The summed E-state index contributed by atoms with van der Waals surface area (Å²) >= 11 is 1.24. The molecule has 18 heavy (non-hydrogen) atoms. The smallest absolute Gasteiger partial charge is 0.254 e. The first kappa shape index (κ1) is 13.9. The minimum Gasteiger partial charge on any atom is -0.313 e. The highest BCUT2D eigenvalue weighted by molar-refractivity contribution is 7.91. The highest BCUT2D eigenvalue weighted by Gasteiger charge is 2.31. The molecule has 0 amide bonds. The van der Waals surface area contributed by atoms with Crippen molar-refractivity contribution in [3.8, 4) is 0 Å². The van der Waals surface area contributed by atoms with Gasteiger partial charge < -0.3 is 5.32 Å². The maximum absolute atomic E-state index is 12.4.